The van der Waals surface area contributed by atoms with E-state index in [4.69, 9.17) is 9.47 Å². The van der Waals surface area contributed by atoms with Crippen molar-refractivity contribution in [3.8, 4) is 11.5 Å². The van der Waals surface area contributed by atoms with Gasteiger partial charge < -0.3 is 19.7 Å². The molecule has 2 heterocycles. The van der Waals surface area contributed by atoms with Gasteiger partial charge in [0.25, 0.3) is 5.91 Å². The normalized spacial score (nSPS) is 21.3. The molecule has 4 amide bonds. The standard InChI is InChI=1S/C23H23N3O5/c1-25(13-15-6-7-18-19(12-15)31-11-10-30-18)20(27)14-26-21(28)23(24-22(26)29)9-8-16-4-2-3-5-17(16)23/h2-7,12H,8-11,13-14H2,1H3,(H,24,29). The van der Waals surface area contributed by atoms with Crippen LogP contribution in [0.4, 0.5) is 4.79 Å². The molecule has 2 aromatic carbocycles. The average Bonchev–Trinajstić information content (AvgIpc) is 3.26. The number of likely N-dealkylation sites (N-methyl/N-ethyl adjacent to an activating group) is 1. The number of hydrogen-bond acceptors (Lipinski definition) is 5. The minimum Gasteiger partial charge on any atom is -0.486 e. The number of nitrogens with one attached hydrogen (secondary N) is 1. The molecule has 1 N–H and O–H groups in total. The molecule has 1 unspecified atom stereocenters. The van der Waals surface area contributed by atoms with Crippen LogP contribution in [-0.4, -0.2) is 54.5 Å². The van der Waals surface area contributed by atoms with Crippen molar-refractivity contribution < 1.29 is 23.9 Å². The Bertz CT molecular complexity index is 1080. The monoisotopic (exact) mass is 421 g/mol. The molecule has 0 aromatic heterocycles. The summed E-state index contributed by atoms with van der Waals surface area (Å²) in [6.07, 6.45) is 1.22. The van der Waals surface area contributed by atoms with Crippen molar-refractivity contribution in [3.63, 3.8) is 0 Å². The lowest BCUT2D eigenvalue weighted by atomic mass is 9.92. The summed E-state index contributed by atoms with van der Waals surface area (Å²) in [6.45, 7) is 1.04. The Balaban J connectivity index is 1.28. The summed E-state index contributed by atoms with van der Waals surface area (Å²) < 4.78 is 11.1. The summed E-state index contributed by atoms with van der Waals surface area (Å²) in [7, 11) is 1.65. The summed E-state index contributed by atoms with van der Waals surface area (Å²) in [4.78, 5) is 41.2. The third-order valence-corrected chi connectivity index (χ3v) is 6.17. The van der Waals surface area contributed by atoms with Gasteiger partial charge in [-0.05, 0) is 41.7 Å². The lowest BCUT2D eigenvalue weighted by molar-refractivity contribution is -0.138. The maximum Gasteiger partial charge on any atom is 0.325 e. The molecule has 3 aliphatic rings. The molecule has 1 saturated heterocycles. The van der Waals surface area contributed by atoms with E-state index in [9.17, 15) is 14.4 Å². The van der Waals surface area contributed by atoms with Crippen LogP contribution in [0.15, 0.2) is 42.5 Å². The summed E-state index contributed by atoms with van der Waals surface area (Å²) in [5.41, 5.74) is 1.70. The number of hydrogen-bond donors (Lipinski definition) is 1. The van der Waals surface area contributed by atoms with E-state index in [-0.39, 0.29) is 18.4 Å². The molecule has 160 valence electrons. The number of imide groups is 1. The number of fused-ring (bicyclic) bond motifs is 3. The van der Waals surface area contributed by atoms with Gasteiger partial charge in [0.15, 0.2) is 11.5 Å². The zero-order valence-electron chi connectivity index (χ0n) is 17.2. The second-order valence-corrected chi connectivity index (χ2v) is 8.11. The molecule has 0 bridgehead atoms. The maximum atomic E-state index is 13.2. The highest BCUT2D eigenvalue weighted by Crippen LogP contribution is 2.41. The Hall–Kier alpha value is -3.55. The van der Waals surface area contributed by atoms with E-state index < -0.39 is 11.6 Å². The number of rotatable bonds is 4. The lowest BCUT2D eigenvalue weighted by Crippen LogP contribution is -2.44. The van der Waals surface area contributed by atoms with Crippen molar-refractivity contribution >= 4 is 17.8 Å². The molecule has 1 aliphatic carbocycles. The summed E-state index contributed by atoms with van der Waals surface area (Å²) in [6, 6.07) is 12.6. The molecule has 8 heteroatoms. The minimum atomic E-state index is -1.05. The van der Waals surface area contributed by atoms with Crippen LogP contribution in [-0.2, 0) is 28.1 Å². The molecule has 1 fully saturated rings. The molecule has 31 heavy (non-hydrogen) atoms. The highest BCUT2D eigenvalue weighted by molar-refractivity contribution is 6.09. The molecule has 1 spiro atoms. The van der Waals surface area contributed by atoms with Crippen molar-refractivity contribution in [2.75, 3.05) is 26.8 Å². The average molecular weight is 421 g/mol. The molecule has 2 aliphatic heterocycles. The first kappa shape index (κ1) is 19.4. The zero-order chi connectivity index (χ0) is 21.6. The first-order valence-corrected chi connectivity index (χ1v) is 10.3. The number of carbonyl (C=O) groups is 3. The van der Waals surface area contributed by atoms with Crippen molar-refractivity contribution in [1.82, 2.24) is 15.1 Å². The lowest BCUT2D eigenvalue weighted by Gasteiger charge is -2.24. The van der Waals surface area contributed by atoms with Crippen molar-refractivity contribution in [3.05, 3.63) is 59.2 Å². The van der Waals surface area contributed by atoms with Crippen LogP contribution in [0.3, 0.4) is 0 Å². The largest absolute Gasteiger partial charge is 0.486 e. The van der Waals surface area contributed by atoms with Gasteiger partial charge in [-0.1, -0.05) is 30.3 Å². The van der Waals surface area contributed by atoms with Crippen molar-refractivity contribution in [2.24, 2.45) is 0 Å². The molecule has 5 rings (SSSR count). The second kappa shape index (κ2) is 7.30. The van der Waals surface area contributed by atoms with Gasteiger partial charge in [-0.25, -0.2) is 4.79 Å². The van der Waals surface area contributed by atoms with Gasteiger partial charge in [0, 0.05) is 13.6 Å². The van der Waals surface area contributed by atoms with E-state index in [2.05, 4.69) is 5.32 Å². The van der Waals surface area contributed by atoms with E-state index >= 15 is 0 Å². The fourth-order valence-electron chi connectivity index (χ4n) is 4.54. The third kappa shape index (κ3) is 3.19. The number of carbonyl (C=O) groups excluding carboxylic acids is 3. The molecule has 8 nitrogen and oxygen atoms in total. The van der Waals surface area contributed by atoms with E-state index in [0.717, 1.165) is 21.6 Å². The number of nitrogens with zero attached hydrogens (tertiary/aromatic N) is 2. The first-order chi connectivity index (χ1) is 15.0. The van der Waals surface area contributed by atoms with Gasteiger partial charge in [-0.3, -0.25) is 14.5 Å². The van der Waals surface area contributed by atoms with Gasteiger partial charge in [-0.15, -0.1) is 0 Å². The Kier molecular flexibility index (Phi) is 4.57. The van der Waals surface area contributed by atoms with Gasteiger partial charge in [0.2, 0.25) is 5.91 Å². The van der Waals surface area contributed by atoms with E-state index in [0.29, 0.717) is 44.1 Å². The van der Waals surface area contributed by atoms with E-state index in [1.165, 1.54) is 4.90 Å². The first-order valence-electron chi connectivity index (χ1n) is 10.3. The summed E-state index contributed by atoms with van der Waals surface area (Å²) in [5, 5.41) is 2.85. The van der Waals surface area contributed by atoms with Crippen LogP contribution in [0.2, 0.25) is 0 Å². The van der Waals surface area contributed by atoms with Crippen LogP contribution in [0.25, 0.3) is 0 Å². The zero-order valence-corrected chi connectivity index (χ0v) is 17.2. The second-order valence-electron chi connectivity index (χ2n) is 8.11. The van der Waals surface area contributed by atoms with E-state index in [1.807, 2.05) is 42.5 Å². The quantitative estimate of drug-likeness (QED) is 0.761. The SMILES string of the molecule is CN(Cc1ccc2c(c1)OCCO2)C(=O)CN1C(=O)NC2(CCc3ccccc32)C1=O. The Morgan fingerprint density at radius 1 is 1.13 bits per heavy atom. The molecule has 2 aromatic rings. The number of benzene rings is 2. The summed E-state index contributed by atoms with van der Waals surface area (Å²) in [5.74, 6) is 0.663. The van der Waals surface area contributed by atoms with E-state index in [1.54, 1.807) is 7.05 Å². The van der Waals surface area contributed by atoms with Crippen LogP contribution >= 0.6 is 0 Å². The van der Waals surface area contributed by atoms with Crippen LogP contribution in [0.1, 0.15) is 23.1 Å². The summed E-state index contributed by atoms with van der Waals surface area (Å²) >= 11 is 0. The van der Waals surface area contributed by atoms with Crippen LogP contribution < -0.4 is 14.8 Å². The predicted molar refractivity (Wildman–Crippen MR) is 111 cm³/mol. The van der Waals surface area contributed by atoms with Crippen LogP contribution in [0, 0.1) is 0 Å². The molecular formula is C23H23N3O5. The van der Waals surface area contributed by atoms with Gasteiger partial charge in [-0.2, -0.15) is 0 Å². The molecular weight excluding hydrogens is 398 g/mol. The van der Waals surface area contributed by atoms with Gasteiger partial charge >= 0.3 is 6.03 Å². The number of ether oxygens (including phenoxy) is 2. The topological polar surface area (TPSA) is 88.2 Å². The van der Waals surface area contributed by atoms with Crippen molar-refractivity contribution in [2.45, 2.75) is 24.9 Å². The maximum absolute atomic E-state index is 13.2. The smallest absolute Gasteiger partial charge is 0.325 e. The van der Waals surface area contributed by atoms with Gasteiger partial charge in [0.05, 0.1) is 0 Å². The Morgan fingerprint density at radius 2 is 1.90 bits per heavy atom. The highest BCUT2D eigenvalue weighted by atomic mass is 16.6. The highest BCUT2D eigenvalue weighted by Gasteiger charge is 2.55. The van der Waals surface area contributed by atoms with Crippen molar-refractivity contribution in [1.29, 1.82) is 0 Å². The van der Waals surface area contributed by atoms with Gasteiger partial charge in [0.1, 0.15) is 25.3 Å². The van der Waals surface area contributed by atoms with Crippen LogP contribution in [0.5, 0.6) is 11.5 Å². The number of urea groups is 1. The third-order valence-electron chi connectivity index (χ3n) is 6.17. The predicted octanol–water partition coefficient (Wildman–Crippen LogP) is 1.81. The minimum absolute atomic E-state index is 0.296. The fraction of sp³-hybridized carbons (Fsp3) is 0.348. The number of aryl methyl sites for hydroxylation is 1. The fourth-order valence-corrected chi connectivity index (χ4v) is 4.54. The molecule has 0 radical (unpaired) electrons. The number of amides is 4. The Morgan fingerprint density at radius 3 is 2.74 bits per heavy atom. The Labute approximate surface area is 179 Å². The molecule has 1 atom stereocenters. The molecule has 0 saturated carbocycles.